The molecule has 2 spiro atoms. The number of hydroxylamine groups is 1. The Balaban J connectivity index is 1.06. The molecule has 3 saturated heterocycles. The van der Waals surface area contributed by atoms with E-state index in [1.54, 1.807) is 7.11 Å². The van der Waals surface area contributed by atoms with Gasteiger partial charge >= 0.3 is 0 Å². The molecule has 2 aromatic rings. The summed E-state index contributed by atoms with van der Waals surface area (Å²) in [6, 6.07) is 16.5. The number of ether oxygens (including phenoxy) is 2. The van der Waals surface area contributed by atoms with Gasteiger partial charge in [0.25, 0.3) is 5.91 Å². The second kappa shape index (κ2) is 10.1. The molecule has 9 nitrogen and oxygen atoms in total. The van der Waals surface area contributed by atoms with E-state index in [4.69, 9.17) is 24.3 Å². The molecule has 1 unspecified atom stereocenters. The van der Waals surface area contributed by atoms with E-state index < -0.39 is 10.8 Å². The molecular formula is C40H42N4O5. The number of amides is 2. The number of nitrogens with zero attached hydrogens (tertiary/aromatic N) is 4. The number of hydrogen-bond acceptors (Lipinski definition) is 7. The van der Waals surface area contributed by atoms with Crippen LogP contribution in [0.4, 0.5) is 11.4 Å². The van der Waals surface area contributed by atoms with Crippen LogP contribution in [-0.2, 0) is 34.7 Å². The predicted octanol–water partition coefficient (Wildman–Crippen LogP) is 5.26. The Morgan fingerprint density at radius 1 is 1.08 bits per heavy atom. The van der Waals surface area contributed by atoms with Crippen LogP contribution in [0, 0.1) is 23.2 Å². The fourth-order valence-corrected chi connectivity index (χ4v) is 11.7. The van der Waals surface area contributed by atoms with Crippen LogP contribution in [0.15, 0.2) is 81.8 Å². The molecular weight excluding hydrogens is 616 g/mol. The zero-order valence-electron chi connectivity index (χ0n) is 28.5. The maximum atomic E-state index is 14.1. The van der Waals surface area contributed by atoms with Crippen molar-refractivity contribution in [2.45, 2.75) is 74.7 Å². The van der Waals surface area contributed by atoms with Gasteiger partial charge in [0, 0.05) is 36.1 Å². The molecule has 11 rings (SSSR count). The van der Waals surface area contributed by atoms with Crippen molar-refractivity contribution in [3.8, 4) is 0 Å². The minimum absolute atomic E-state index is 0.00292. The van der Waals surface area contributed by atoms with Gasteiger partial charge in [-0.05, 0) is 72.9 Å². The standard InChI is InChI=1S/C40H42N4O5/c1-22(35-23-15-34-40(17-30(41-35)24(23)19-48-34)27-10-6-8-12-31(27)44(47-4)37(40)46)13-14-25-28-16-32-36-39(25,26-9-5-7-11-29(26)42-36)18-33(43(3)21-45)38(28,2)20-49-32/h5-14,21,23-24,28,30,32-34H,15-20H2,1-4H3/b22-13?,25-14+/t23?,24-,28-,30-,32-,33-,34+,38+,39-,40-/m0/s1. The molecule has 9 heteroatoms. The van der Waals surface area contributed by atoms with Crippen molar-refractivity contribution < 1.29 is 23.9 Å². The number of hydrogen-bond donors (Lipinski definition) is 0. The van der Waals surface area contributed by atoms with Gasteiger partial charge in [0.05, 0.1) is 61.1 Å². The van der Waals surface area contributed by atoms with Crippen LogP contribution >= 0.6 is 0 Å². The SMILES string of the molecule is CON1C(=O)[C@@]2(C[C@@H]3N=C(C(C)=C/C=C4\[C@@H]5C[C@@H]6OC[C@@]5(C)[C@@H](N(C)C=O)C[C@]45C6=Nc4ccccc45)C4C[C@H]2OC[C@@H]43)c2ccccc21. The van der Waals surface area contributed by atoms with Crippen LogP contribution in [0.2, 0.25) is 0 Å². The third-order valence-corrected chi connectivity index (χ3v) is 14.0. The van der Waals surface area contributed by atoms with Gasteiger partial charge in [-0.1, -0.05) is 55.5 Å². The second-order valence-electron chi connectivity index (χ2n) is 15.9. The quantitative estimate of drug-likeness (QED) is 0.409. The van der Waals surface area contributed by atoms with Crippen LogP contribution in [0.5, 0.6) is 0 Å². The number of fused-ring (bicyclic) bond motifs is 5. The van der Waals surface area contributed by atoms with Gasteiger partial charge in [-0.15, -0.1) is 0 Å². The van der Waals surface area contributed by atoms with Crippen molar-refractivity contribution in [2.75, 3.05) is 32.4 Å². The summed E-state index contributed by atoms with van der Waals surface area (Å²) in [6.45, 7) is 5.72. The number of rotatable bonds is 5. The number of carbonyl (C=O) groups excluding carboxylic acids is 2. The lowest BCUT2D eigenvalue weighted by atomic mass is 9.45. The third kappa shape index (κ3) is 3.56. The summed E-state index contributed by atoms with van der Waals surface area (Å²) in [6.07, 6.45) is 8.47. The maximum Gasteiger partial charge on any atom is 0.264 e. The lowest BCUT2D eigenvalue weighted by Gasteiger charge is -2.64. The molecule has 6 fully saturated rings. The van der Waals surface area contributed by atoms with E-state index in [9.17, 15) is 9.59 Å². The molecule has 3 saturated carbocycles. The van der Waals surface area contributed by atoms with E-state index in [0.717, 1.165) is 54.0 Å². The Hall–Kier alpha value is -3.92. The number of allylic oxidation sites excluding steroid dienone is 4. The lowest BCUT2D eigenvalue weighted by molar-refractivity contribution is -0.141. The van der Waals surface area contributed by atoms with Gasteiger partial charge in [0.2, 0.25) is 6.41 Å². The molecule has 6 aliphatic heterocycles. The zero-order chi connectivity index (χ0) is 33.4. The van der Waals surface area contributed by atoms with Crippen molar-refractivity contribution in [2.24, 2.45) is 33.2 Å². The molecule has 0 N–H and O–H groups in total. The van der Waals surface area contributed by atoms with Gasteiger partial charge in [-0.2, -0.15) is 5.06 Å². The molecule has 7 bridgehead atoms. The number of anilines is 1. The van der Waals surface area contributed by atoms with Gasteiger partial charge in [0.15, 0.2) is 0 Å². The van der Waals surface area contributed by atoms with Crippen molar-refractivity contribution in [3.63, 3.8) is 0 Å². The van der Waals surface area contributed by atoms with Crippen molar-refractivity contribution in [3.05, 3.63) is 83.0 Å². The summed E-state index contributed by atoms with van der Waals surface area (Å²) in [5, 5.41) is 1.46. The molecule has 0 aromatic heterocycles. The highest BCUT2D eigenvalue weighted by atomic mass is 16.7. The number of carbonyl (C=O) groups is 2. The molecule has 49 heavy (non-hydrogen) atoms. The first-order valence-corrected chi connectivity index (χ1v) is 17.8. The van der Waals surface area contributed by atoms with Crippen LogP contribution in [-0.4, -0.2) is 80.3 Å². The summed E-state index contributed by atoms with van der Waals surface area (Å²) in [4.78, 5) is 44.6. The minimum atomic E-state index is -0.790. The van der Waals surface area contributed by atoms with Gasteiger partial charge < -0.3 is 14.4 Å². The van der Waals surface area contributed by atoms with Gasteiger partial charge in [-0.3, -0.25) is 24.4 Å². The molecule has 9 aliphatic rings. The van der Waals surface area contributed by atoms with Crippen LogP contribution in [0.25, 0.3) is 0 Å². The molecule has 6 heterocycles. The smallest absolute Gasteiger partial charge is 0.264 e. The predicted molar refractivity (Wildman–Crippen MR) is 185 cm³/mol. The van der Waals surface area contributed by atoms with Crippen LogP contribution in [0.1, 0.15) is 50.7 Å². The topological polar surface area (TPSA) is 93.0 Å². The summed E-state index contributed by atoms with van der Waals surface area (Å²) < 4.78 is 13.2. The minimum Gasteiger partial charge on any atom is -0.376 e. The first kappa shape index (κ1) is 29.9. The molecule has 10 atom stereocenters. The summed E-state index contributed by atoms with van der Waals surface area (Å²) in [7, 11) is 3.48. The number of para-hydroxylation sites is 2. The highest BCUT2D eigenvalue weighted by Gasteiger charge is 2.68. The normalized spacial score (nSPS) is 41.4. The number of benzene rings is 2. The maximum absolute atomic E-state index is 14.1. The molecule has 3 aliphatic carbocycles. The van der Waals surface area contributed by atoms with E-state index in [1.165, 1.54) is 21.8 Å². The molecule has 2 amide bonds. The molecule has 0 radical (unpaired) electrons. The summed E-state index contributed by atoms with van der Waals surface area (Å²) >= 11 is 0. The average Bonchev–Trinajstić information content (AvgIpc) is 3.65. The van der Waals surface area contributed by atoms with E-state index in [2.05, 4.69) is 56.3 Å². The Morgan fingerprint density at radius 3 is 2.69 bits per heavy atom. The zero-order valence-corrected chi connectivity index (χ0v) is 28.5. The summed E-state index contributed by atoms with van der Waals surface area (Å²) in [5.41, 5.74) is 7.48. The van der Waals surface area contributed by atoms with Crippen molar-refractivity contribution >= 4 is 35.1 Å². The fourth-order valence-electron chi connectivity index (χ4n) is 11.7. The number of aliphatic imine (C=N–C) groups is 2. The van der Waals surface area contributed by atoms with E-state index in [0.29, 0.717) is 19.6 Å². The highest BCUT2D eigenvalue weighted by molar-refractivity contribution is 6.10. The highest BCUT2D eigenvalue weighted by Crippen LogP contribution is 2.66. The van der Waals surface area contributed by atoms with Crippen LogP contribution in [0.3, 0.4) is 0 Å². The Kier molecular flexibility index (Phi) is 6.16. The van der Waals surface area contributed by atoms with E-state index in [1.807, 2.05) is 30.1 Å². The average molecular weight is 659 g/mol. The van der Waals surface area contributed by atoms with Crippen molar-refractivity contribution in [1.29, 1.82) is 0 Å². The first-order chi connectivity index (χ1) is 23.8. The Morgan fingerprint density at radius 2 is 1.88 bits per heavy atom. The molecule has 252 valence electrons. The first-order valence-electron chi connectivity index (χ1n) is 17.8. The van der Waals surface area contributed by atoms with E-state index in [-0.39, 0.29) is 53.4 Å². The lowest BCUT2D eigenvalue weighted by Crippen LogP contribution is -2.69. The monoisotopic (exact) mass is 658 g/mol. The summed E-state index contributed by atoms with van der Waals surface area (Å²) in [5.74, 6) is 0.690. The largest absolute Gasteiger partial charge is 0.376 e. The van der Waals surface area contributed by atoms with Gasteiger partial charge in [0.1, 0.15) is 5.41 Å². The van der Waals surface area contributed by atoms with E-state index >= 15 is 0 Å². The fraction of sp³-hybridized carbons (Fsp3) is 0.500. The second-order valence-corrected chi connectivity index (χ2v) is 15.9. The Labute approximate surface area is 286 Å². The third-order valence-electron chi connectivity index (χ3n) is 14.0. The molecule has 2 aromatic carbocycles. The van der Waals surface area contributed by atoms with Crippen LogP contribution < -0.4 is 5.06 Å². The Bertz CT molecular complexity index is 1950. The van der Waals surface area contributed by atoms with Crippen molar-refractivity contribution in [1.82, 2.24) is 4.90 Å². The van der Waals surface area contributed by atoms with Gasteiger partial charge in [-0.25, -0.2) is 0 Å².